The third-order valence-electron chi connectivity index (χ3n) is 3.95. The third-order valence-corrected chi connectivity index (χ3v) is 3.95. The van der Waals surface area contributed by atoms with Crippen molar-refractivity contribution in [1.82, 2.24) is 4.90 Å². The van der Waals surface area contributed by atoms with Crippen LogP contribution < -0.4 is 4.90 Å². The van der Waals surface area contributed by atoms with Gasteiger partial charge < -0.3 is 9.80 Å². The summed E-state index contributed by atoms with van der Waals surface area (Å²) < 4.78 is 0. The summed E-state index contributed by atoms with van der Waals surface area (Å²) >= 11 is 0. The van der Waals surface area contributed by atoms with Crippen molar-refractivity contribution < 1.29 is 0 Å². The van der Waals surface area contributed by atoms with Gasteiger partial charge >= 0.3 is 0 Å². The van der Waals surface area contributed by atoms with Crippen LogP contribution in [0.1, 0.15) is 16.7 Å². The topological polar surface area (TPSA) is 34.6 Å². The van der Waals surface area contributed by atoms with Crippen LogP contribution in [0.4, 0.5) is 5.69 Å². The number of nitrogens with zero attached hydrogens (tertiary/aromatic N) is 4. The van der Waals surface area contributed by atoms with Crippen LogP contribution in [0.15, 0.2) is 48.5 Å². The number of rotatable bonds is 6. The lowest BCUT2D eigenvalue weighted by atomic mass is 10.1. The average Bonchev–Trinajstić information content (AvgIpc) is 2.64. The second-order valence-electron chi connectivity index (χ2n) is 6.15. The van der Waals surface area contributed by atoms with Crippen LogP contribution in [-0.2, 0) is 0 Å². The zero-order valence-corrected chi connectivity index (χ0v) is 14.9. The van der Waals surface area contributed by atoms with E-state index in [0.717, 1.165) is 29.9 Å². The molecule has 4 nitrogen and oxygen atoms in total. The third kappa shape index (κ3) is 5.21. The molecule has 2 rings (SSSR count). The monoisotopic (exact) mass is 330 g/mol. The molecule has 0 aliphatic carbocycles. The number of nitriles is 1. The number of anilines is 1. The van der Waals surface area contributed by atoms with Gasteiger partial charge in [0.25, 0.3) is 0 Å². The van der Waals surface area contributed by atoms with E-state index in [-0.39, 0.29) is 0 Å². The molecule has 25 heavy (non-hydrogen) atoms. The quantitative estimate of drug-likeness (QED) is 0.594. The predicted octanol–water partition coefficient (Wildman–Crippen LogP) is 3.97. The smallest absolute Gasteiger partial charge is 0.194 e. The molecular formula is C21H22N4. The first-order valence-corrected chi connectivity index (χ1v) is 8.09. The Bertz CT molecular complexity index is 803. The highest BCUT2D eigenvalue weighted by molar-refractivity contribution is 5.85. The lowest BCUT2D eigenvalue weighted by molar-refractivity contribution is 0.416. The summed E-state index contributed by atoms with van der Waals surface area (Å²) in [6.45, 7) is 9.39. The molecule has 4 heteroatoms. The van der Waals surface area contributed by atoms with E-state index < -0.39 is 0 Å². The van der Waals surface area contributed by atoms with Crippen LogP contribution in [0.3, 0.4) is 0 Å². The zero-order valence-electron chi connectivity index (χ0n) is 14.9. The molecule has 0 radical (unpaired) electrons. The van der Waals surface area contributed by atoms with Gasteiger partial charge in [0.15, 0.2) is 5.70 Å². The Labute approximate surface area is 150 Å². The molecule has 0 bridgehead atoms. The minimum atomic E-state index is 0.568. The number of hydrogen-bond donors (Lipinski definition) is 0. The minimum Gasteiger partial charge on any atom is -0.373 e. The molecule has 2 aromatic carbocycles. The van der Waals surface area contributed by atoms with E-state index in [1.807, 2.05) is 30.3 Å². The lowest BCUT2D eigenvalue weighted by Crippen LogP contribution is -2.28. The highest BCUT2D eigenvalue weighted by atomic mass is 15.1. The van der Waals surface area contributed by atoms with E-state index in [4.69, 9.17) is 11.8 Å². The summed E-state index contributed by atoms with van der Waals surface area (Å²) in [6, 6.07) is 17.4. The Morgan fingerprint density at radius 1 is 1.04 bits per heavy atom. The molecule has 0 aromatic heterocycles. The Morgan fingerprint density at radius 3 is 2.20 bits per heavy atom. The molecule has 0 aliphatic rings. The van der Waals surface area contributed by atoms with Gasteiger partial charge in [0, 0.05) is 25.8 Å². The standard InChI is InChI=1S/C21H22N4/c1-23-21(19-9-5-18(16-22)6-10-19)15-17-7-11-20(12-8-17)25(4)14-13-24(2)3/h5-12,15H,13-14H2,2-4H3/b21-15-. The molecule has 0 spiro atoms. The summed E-state index contributed by atoms with van der Waals surface area (Å²) in [5.74, 6) is 0. The van der Waals surface area contributed by atoms with Crippen LogP contribution in [0.25, 0.3) is 16.6 Å². The van der Waals surface area contributed by atoms with Crippen molar-refractivity contribution in [1.29, 1.82) is 5.26 Å². The van der Waals surface area contributed by atoms with Crippen molar-refractivity contribution in [2.45, 2.75) is 0 Å². The molecule has 0 saturated heterocycles. The molecule has 0 atom stereocenters. The van der Waals surface area contributed by atoms with Crippen molar-refractivity contribution in [2.75, 3.05) is 39.1 Å². The second-order valence-corrected chi connectivity index (χ2v) is 6.15. The zero-order chi connectivity index (χ0) is 18.2. The number of benzene rings is 2. The van der Waals surface area contributed by atoms with Gasteiger partial charge in [-0.1, -0.05) is 24.3 Å². The van der Waals surface area contributed by atoms with E-state index >= 15 is 0 Å². The van der Waals surface area contributed by atoms with E-state index in [0.29, 0.717) is 11.3 Å². The maximum atomic E-state index is 8.87. The van der Waals surface area contributed by atoms with Gasteiger partial charge in [-0.25, -0.2) is 4.85 Å². The predicted molar refractivity (Wildman–Crippen MR) is 104 cm³/mol. The SMILES string of the molecule is [C-]#[N+]/C(=C\c1ccc(N(C)CCN(C)C)cc1)c1ccc(C#N)cc1. The maximum Gasteiger partial charge on any atom is 0.194 e. The Morgan fingerprint density at radius 2 is 1.68 bits per heavy atom. The Hall–Kier alpha value is -3.08. The molecule has 0 unspecified atom stereocenters. The summed E-state index contributed by atoms with van der Waals surface area (Å²) in [5.41, 5.74) is 4.12. The van der Waals surface area contributed by atoms with Gasteiger partial charge in [-0.15, -0.1) is 0 Å². The van der Waals surface area contributed by atoms with Gasteiger partial charge in [-0.05, 0) is 55.6 Å². The average molecular weight is 330 g/mol. The van der Waals surface area contributed by atoms with Gasteiger partial charge in [0.1, 0.15) is 0 Å². The number of likely N-dealkylation sites (N-methyl/N-ethyl adjacent to an activating group) is 2. The molecular weight excluding hydrogens is 308 g/mol. The molecule has 0 fully saturated rings. The van der Waals surface area contributed by atoms with Gasteiger partial charge in [-0.2, -0.15) is 5.26 Å². The molecule has 0 aliphatic heterocycles. The summed E-state index contributed by atoms with van der Waals surface area (Å²) in [5, 5.41) is 8.87. The van der Waals surface area contributed by atoms with Crippen LogP contribution in [0, 0.1) is 17.9 Å². The second kappa shape index (κ2) is 8.68. The van der Waals surface area contributed by atoms with Crippen LogP contribution in [0.5, 0.6) is 0 Å². The van der Waals surface area contributed by atoms with Gasteiger partial charge in [-0.3, -0.25) is 0 Å². The maximum absolute atomic E-state index is 8.87. The Kier molecular flexibility index (Phi) is 6.34. The molecule has 0 N–H and O–H groups in total. The van der Waals surface area contributed by atoms with Crippen LogP contribution >= 0.6 is 0 Å². The van der Waals surface area contributed by atoms with E-state index in [1.54, 1.807) is 12.1 Å². The molecule has 0 saturated carbocycles. The fourth-order valence-electron chi connectivity index (χ4n) is 2.36. The first-order chi connectivity index (χ1) is 12.0. The molecule has 0 heterocycles. The fourth-order valence-corrected chi connectivity index (χ4v) is 2.36. The highest BCUT2D eigenvalue weighted by Gasteiger charge is 2.04. The molecule has 2 aromatic rings. The normalized spacial score (nSPS) is 11.0. The van der Waals surface area contributed by atoms with E-state index in [2.05, 4.69) is 54.0 Å². The summed E-state index contributed by atoms with van der Waals surface area (Å²) in [7, 11) is 6.21. The summed E-state index contributed by atoms with van der Waals surface area (Å²) in [6.07, 6.45) is 1.87. The molecule has 126 valence electrons. The van der Waals surface area contributed by atoms with Crippen molar-refractivity contribution in [2.24, 2.45) is 0 Å². The lowest BCUT2D eigenvalue weighted by Gasteiger charge is -2.21. The first kappa shape index (κ1) is 18.3. The summed E-state index contributed by atoms with van der Waals surface area (Å²) in [4.78, 5) is 8.00. The van der Waals surface area contributed by atoms with Crippen molar-refractivity contribution in [3.63, 3.8) is 0 Å². The van der Waals surface area contributed by atoms with Crippen LogP contribution in [-0.4, -0.2) is 39.1 Å². The fraction of sp³-hybridized carbons (Fsp3) is 0.238. The van der Waals surface area contributed by atoms with Crippen molar-refractivity contribution in [3.8, 4) is 6.07 Å². The van der Waals surface area contributed by atoms with Crippen molar-refractivity contribution in [3.05, 3.63) is 76.6 Å². The highest BCUT2D eigenvalue weighted by Crippen LogP contribution is 2.22. The molecule has 0 amide bonds. The largest absolute Gasteiger partial charge is 0.373 e. The van der Waals surface area contributed by atoms with Gasteiger partial charge in [0.2, 0.25) is 0 Å². The minimum absolute atomic E-state index is 0.568. The van der Waals surface area contributed by atoms with Gasteiger partial charge in [0.05, 0.1) is 18.2 Å². The Balaban J connectivity index is 2.16. The van der Waals surface area contributed by atoms with Crippen LogP contribution in [0.2, 0.25) is 0 Å². The number of hydrogen-bond acceptors (Lipinski definition) is 3. The first-order valence-electron chi connectivity index (χ1n) is 8.09. The van der Waals surface area contributed by atoms with E-state index in [9.17, 15) is 0 Å². The van der Waals surface area contributed by atoms with Crippen molar-refractivity contribution >= 4 is 17.5 Å². The van der Waals surface area contributed by atoms with E-state index in [1.165, 1.54) is 0 Å².